The molecule has 0 saturated heterocycles. The van der Waals surface area contributed by atoms with Gasteiger partial charge in [0.05, 0.1) is 25.5 Å². The lowest BCUT2D eigenvalue weighted by Crippen LogP contribution is -1.98. The van der Waals surface area contributed by atoms with Crippen LogP contribution in [-0.2, 0) is 0 Å². The highest BCUT2D eigenvalue weighted by molar-refractivity contribution is 7.99. The molecule has 0 saturated carbocycles. The lowest BCUT2D eigenvalue weighted by Gasteiger charge is -2.06. The first kappa shape index (κ1) is 16.4. The molecule has 0 atom stereocenters. The van der Waals surface area contributed by atoms with Crippen LogP contribution in [0.2, 0.25) is 0 Å². The Bertz CT molecular complexity index is 767. The summed E-state index contributed by atoms with van der Waals surface area (Å²) in [5.74, 6) is 3.73. The fourth-order valence-electron chi connectivity index (χ4n) is 2.06. The number of benzene rings is 1. The van der Waals surface area contributed by atoms with Gasteiger partial charge in [0.2, 0.25) is 0 Å². The SMILES string of the molecule is COc1ccc(OCCCSc2nnc(-c3ccoc3C)o2)cc1. The topological polar surface area (TPSA) is 70.5 Å². The number of aromatic nitrogens is 2. The first-order chi connectivity index (χ1) is 11.8. The first-order valence-corrected chi connectivity index (χ1v) is 8.52. The lowest BCUT2D eigenvalue weighted by molar-refractivity contribution is 0.317. The van der Waals surface area contributed by atoms with E-state index in [1.165, 1.54) is 11.8 Å². The maximum atomic E-state index is 5.68. The summed E-state index contributed by atoms with van der Waals surface area (Å²) in [5, 5.41) is 8.63. The number of hydrogen-bond acceptors (Lipinski definition) is 7. The summed E-state index contributed by atoms with van der Waals surface area (Å²) >= 11 is 1.51. The predicted molar refractivity (Wildman–Crippen MR) is 90.6 cm³/mol. The number of furan rings is 1. The van der Waals surface area contributed by atoms with Gasteiger partial charge in [-0.05, 0) is 43.7 Å². The van der Waals surface area contributed by atoms with E-state index in [9.17, 15) is 0 Å². The summed E-state index contributed by atoms with van der Waals surface area (Å²) in [6.07, 6.45) is 2.48. The second-order valence-electron chi connectivity index (χ2n) is 4.99. The number of ether oxygens (including phenoxy) is 2. The van der Waals surface area contributed by atoms with Gasteiger partial charge >= 0.3 is 0 Å². The predicted octanol–water partition coefficient (Wildman–Crippen LogP) is 4.21. The van der Waals surface area contributed by atoms with Crippen molar-refractivity contribution in [1.82, 2.24) is 10.2 Å². The van der Waals surface area contributed by atoms with Crippen molar-refractivity contribution < 1.29 is 18.3 Å². The normalized spacial score (nSPS) is 10.8. The minimum absolute atomic E-state index is 0.484. The number of thioether (sulfide) groups is 1. The van der Waals surface area contributed by atoms with Crippen LogP contribution in [0, 0.1) is 6.92 Å². The third-order valence-corrected chi connectivity index (χ3v) is 4.24. The maximum absolute atomic E-state index is 5.68. The number of aryl methyl sites for hydroxylation is 1. The Balaban J connectivity index is 1.40. The third-order valence-electron chi connectivity index (χ3n) is 3.34. The van der Waals surface area contributed by atoms with E-state index in [0.717, 1.165) is 35.0 Å². The standard InChI is InChI=1S/C17H18N2O4S/c1-12-15(8-10-21-12)16-18-19-17(23-16)24-11-3-9-22-14-6-4-13(20-2)5-7-14/h4-8,10H,3,9,11H2,1-2H3. The second kappa shape index (κ2) is 7.92. The van der Waals surface area contributed by atoms with Gasteiger partial charge in [-0.15, -0.1) is 10.2 Å². The van der Waals surface area contributed by atoms with E-state index in [1.807, 2.05) is 37.3 Å². The first-order valence-electron chi connectivity index (χ1n) is 7.54. The molecule has 3 rings (SSSR count). The van der Waals surface area contributed by atoms with Crippen LogP contribution in [0.3, 0.4) is 0 Å². The molecule has 24 heavy (non-hydrogen) atoms. The van der Waals surface area contributed by atoms with Crippen LogP contribution in [0.15, 0.2) is 50.7 Å². The highest BCUT2D eigenvalue weighted by Crippen LogP contribution is 2.26. The molecule has 0 aliphatic heterocycles. The summed E-state index contributed by atoms with van der Waals surface area (Å²) in [6, 6.07) is 9.36. The number of hydrogen-bond donors (Lipinski definition) is 0. The Kier molecular flexibility index (Phi) is 5.43. The molecular weight excluding hydrogens is 328 g/mol. The fraction of sp³-hybridized carbons (Fsp3) is 0.294. The summed E-state index contributed by atoms with van der Waals surface area (Å²) in [7, 11) is 1.64. The quantitative estimate of drug-likeness (QED) is 0.447. The van der Waals surface area contributed by atoms with E-state index in [1.54, 1.807) is 13.4 Å². The van der Waals surface area contributed by atoms with Crippen LogP contribution in [-0.4, -0.2) is 29.7 Å². The van der Waals surface area contributed by atoms with Gasteiger partial charge in [-0.25, -0.2) is 0 Å². The molecule has 0 spiro atoms. The molecule has 126 valence electrons. The molecule has 0 fully saturated rings. The van der Waals surface area contributed by atoms with Crippen molar-refractivity contribution in [2.24, 2.45) is 0 Å². The molecule has 0 aliphatic rings. The van der Waals surface area contributed by atoms with Crippen molar-refractivity contribution in [1.29, 1.82) is 0 Å². The van der Waals surface area contributed by atoms with E-state index < -0.39 is 0 Å². The van der Waals surface area contributed by atoms with E-state index >= 15 is 0 Å². The number of nitrogens with zero attached hydrogens (tertiary/aromatic N) is 2. The van der Waals surface area contributed by atoms with Crippen molar-refractivity contribution >= 4 is 11.8 Å². The summed E-state index contributed by atoms with van der Waals surface area (Å²) < 4.78 is 21.6. The van der Waals surface area contributed by atoms with E-state index in [4.69, 9.17) is 18.3 Å². The molecule has 1 aromatic carbocycles. The van der Waals surface area contributed by atoms with E-state index in [2.05, 4.69) is 10.2 Å². The smallest absolute Gasteiger partial charge is 0.276 e. The highest BCUT2D eigenvalue weighted by Gasteiger charge is 2.12. The molecule has 0 amide bonds. The molecule has 0 N–H and O–H groups in total. The Morgan fingerprint density at radius 1 is 1.08 bits per heavy atom. The summed E-state index contributed by atoms with van der Waals surface area (Å²) in [4.78, 5) is 0. The van der Waals surface area contributed by atoms with Crippen LogP contribution in [0.4, 0.5) is 0 Å². The zero-order valence-corrected chi connectivity index (χ0v) is 14.3. The van der Waals surface area contributed by atoms with E-state index in [0.29, 0.717) is 17.7 Å². The monoisotopic (exact) mass is 346 g/mol. The number of rotatable bonds is 8. The Labute approximate surface area is 144 Å². The molecule has 2 heterocycles. The lowest BCUT2D eigenvalue weighted by atomic mass is 10.3. The van der Waals surface area contributed by atoms with Gasteiger partial charge in [-0.1, -0.05) is 11.8 Å². The summed E-state index contributed by atoms with van der Waals surface area (Å²) in [6.45, 7) is 2.49. The van der Waals surface area contributed by atoms with Crippen molar-refractivity contribution in [2.45, 2.75) is 18.6 Å². The fourth-order valence-corrected chi connectivity index (χ4v) is 2.74. The van der Waals surface area contributed by atoms with Crippen molar-refractivity contribution in [3.63, 3.8) is 0 Å². The minimum atomic E-state index is 0.484. The molecule has 0 unspecified atom stereocenters. The molecule has 0 bridgehead atoms. The number of methoxy groups -OCH3 is 1. The van der Waals surface area contributed by atoms with Gasteiger partial charge in [-0.3, -0.25) is 0 Å². The van der Waals surface area contributed by atoms with Crippen LogP contribution >= 0.6 is 11.8 Å². The maximum Gasteiger partial charge on any atom is 0.276 e. The van der Waals surface area contributed by atoms with Crippen LogP contribution < -0.4 is 9.47 Å². The van der Waals surface area contributed by atoms with Gasteiger partial charge in [-0.2, -0.15) is 0 Å². The van der Waals surface area contributed by atoms with Crippen LogP contribution in [0.25, 0.3) is 11.5 Å². The molecule has 7 heteroatoms. The molecular formula is C17H18N2O4S. The van der Waals surface area contributed by atoms with E-state index in [-0.39, 0.29) is 0 Å². The van der Waals surface area contributed by atoms with Gasteiger partial charge < -0.3 is 18.3 Å². The van der Waals surface area contributed by atoms with Crippen molar-refractivity contribution in [3.8, 4) is 23.0 Å². The van der Waals surface area contributed by atoms with Crippen LogP contribution in [0.5, 0.6) is 11.5 Å². The van der Waals surface area contributed by atoms with Gasteiger partial charge in [0, 0.05) is 5.75 Å². The molecule has 0 radical (unpaired) electrons. The van der Waals surface area contributed by atoms with Gasteiger partial charge in [0.15, 0.2) is 0 Å². The summed E-state index contributed by atoms with van der Waals surface area (Å²) in [5.41, 5.74) is 0.831. The largest absolute Gasteiger partial charge is 0.497 e. The average molecular weight is 346 g/mol. The van der Waals surface area contributed by atoms with Crippen LogP contribution in [0.1, 0.15) is 12.2 Å². The van der Waals surface area contributed by atoms with Crippen molar-refractivity contribution in [2.75, 3.05) is 19.5 Å². The third kappa shape index (κ3) is 4.11. The Morgan fingerprint density at radius 3 is 2.58 bits per heavy atom. The Morgan fingerprint density at radius 2 is 1.88 bits per heavy atom. The molecule has 6 nitrogen and oxygen atoms in total. The minimum Gasteiger partial charge on any atom is -0.497 e. The van der Waals surface area contributed by atoms with Gasteiger partial charge in [0.1, 0.15) is 17.3 Å². The second-order valence-corrected chi connectivity index (χ2v) is 6.04. The Hall–Kier alpha value is -2.41. The molecule has 0 aliphatic carbocycles. The zero-order chi connectivity index (χ0) is 16.8. The zero-order valence-electron chi connectivity index (χ0n) is 13.5. The molecule has 3 aromatic rings. The van der Waals surface area contributed by atoms with Gasteiger partial charge in [0.25, 0.3) is 11.1 Å². The highest BCUT2D eigenvalue weighted by atomic mass is 32.2. The van der Waals surface area contributed by atoms with Crippen molar-refractivity contribution in [3.05, 3.63) is 42.4 Å². The average Bonchev–Trinajstić information content (AvgIpc) is 3.24. The molecule has 2 aromatic heterocycles.